The Morgan fingerprint density at radius 1 is 1.19 bits per heavy atom. The molecule has 2 aromatic carbocycles. The van der Waals surface area contributed by atoms with E-state index in [0.717, 1.165) is 17.0 Å². The van der Waals surface area contributed by atoms with Gasteiger partial charge in [0.1, 0.15) is 0 Å². The number of benzene rings is 2. The van der Waals surface area contributed by atoms with Crippen LogP contribution in [0, 0.1) is 0 Å². The van der Waals surface area contributed by atoms with E-state index in [9.17, 15) is 4.79 Å². The number of para-hydroxylation sites is 1. The molecule has 1 amide bonds. The Bertz CT molecular complexity index is 911. The molecule has 0 radical (unpaired) electrons. The molecule has 0 aliphatic carbocycles. The molecule has 0 spiro atoms. The molecule has 0 unspecified atom stereocenters. The SMILES string of the molecule is COCCN1C(=O)/C(=C\c2ccc3c(c2)OCO3)SC1=Nc1ccccc1. The number of amides is 1. The number of nitrogens with zero attached hydrogens (tertiary/aromatic N) is 2. The number of carbonyl (C=O) groups is 1. The van der Waals surface area contributed by atoms with Gasteiger partial charge < -0.3 is 14.2 Å². The highest BCUT2D eigenvalue weighted by atomic mass is 32.2. The van der Waals surface area contributed by atoms with Crippen molar-refractivity contribution in [1.29, 1.82) is 0 Å². The van der Waals surface area contributed by atoms with Gasteiger partial charge in [-0.15, -0.1) is 0 Å². The topological polar surface area (TPSA) is 60.4 Å². The number of aliphatic imine (C=N–C) groups is 1. The second-order valence-corrected chi connectivity index (χ2v) is 6.91. The minimum absolute atomic E-state index is 0.0793. The summed E-state index contributed by atoms with van der Waals surface area (Å²) >= 11 is 1.36. The molecular formula is C20H18N2O4S. The van der Waals surface area contributed by atoms with Crippen LogP contribution in [0.25, 0.3) is 6.08 Å². The predicted octanol–water partition coefficient (Wildman–Crippen LogP) is 3.67. The first-order chi connectivity index (χ1) is 13.2. The highest BCUT2D eigenvalue weighted by molar-refractivity contribution is 8.18. The first-order valence-electron chi connectivity index (χ1n) is 8.48. The van der Waals surface area contributed by atoms with E-state index in [0.29, 0.717) is 29.0 Å². The Hall–Kier alpha value is -2.77. The molecule has 0 bridgehead atoms. The lowest BCUT2D eigenvalue weighted by Crippen LogP contribution is -2.32. The maximum Gasteiger partial charge on any atom is 0.266 e. The molecule has 0 saturated carbocycles. The predicted molar refractivity (Wildman–Crippen MR) is 105 cm³/mol. The lowest BCUT2D eigenvalue weighted by molar-refractivity contribution is -0.122. The molecule has 2 aliphatic heterocycles. The normalized spacial score (nSPS) is 18.7. The van der Waals surface area contributed by atoms with E-state index in [-0.39, 0.29) is 12.7 Å². The smallest absolute Gasteiger partial charge is 0.266 e. The van der Waals surface area contributed by atoms with Crippen LogP contribution < -0.4 is 9.47 Å². The molecule has 2 aliphatic rings. The molecule has 0 atom stereocenters. The van der Waals surface area contributed by atoms with Gasteiger partial charge in [0.2, 0.25) is 6.79 Å². The van der Waals surface area contributed by atoms with Crippen molar-refractivity contribution < 1.29 is 19.0 Å². The Morgan fingerprint density at radius 2 is 2.00 bits per heavy atom. The second-order valence-electron chi connectivity index (χ2n) is 5.90. The van der Waals surface area contributed by atoms with Gasteiger partial charge in [-0.2, -0.15) is 0 Å². The van der Waals surface area contributed by atoms with Crippen LogP contribution in [0.2, 0.25) is 0 Å². The van der Waals surface area contributed by atoms with Gasteiger partial charge in [0, 0.05) is 7.11 Å². The maximum absolute atomic E-state index is 12.9. The van der Waals surface area contributed by atoms with E-state index in [2.05, 4.69) is 4.99 Å². The zero-order chi connectivity index (χ0) is 18.6. The van der Waals surface area contributed by atoms with Crippen molar-refractivity contribution in [2.75, 3.05) is 27.1 Å². The zero-order valence-corrected chi connectivity index (χ0v) is 15.6. The van der Waals surface area contributed by atoms with Crippen LogP contribution in [0.3, 0.4) is 0 Å². The summed E-state index contributed by atoms with van der Waals surface area (Å²) in [6.07, 6.45) is 1.85. The Labute approximate surface area is 161 Å². The fourth-order valence-electron chi connectivity index (χ4n) is 2.74. The highest BCUT2D eigenvalue weighted by Gasteiger charge is 2.33. The average Bonchev–Trinajstić information content (AvgIpc) is 3.26. The van der Waals surface area contributed by atoms with Crippen LogP contribution in [0.15, 0.2) is 58.4 Å². The molecule has 0 aromatic heterocycles. The summed E-state index contributed by atoms with van der Waals surface area (Å²) in [5.41, 5.74) is 1.68. The Balaban J connectivity index is 1.64. The number of methoxy groups -OCH3 is 1. The average molecular weight is 382 g/mol. The van der Waals surface area contributed by atoms with Gasteiger partial charge >= 0.3 is 0 Å². The van der Waals surface area contributed by atoms with Crippen LogP contribution in [-0.4, -0.2) is 43.0 Å². The van der Waals surface area contributed by atoms with E-state index in [1.54, 1.807) is 12.0 Å². The van der Waals surface area contributed by atoms with Crippen molar-refractivity contribution in [1.82, 2.24) is 4.90 Å². The number of ether oxygens (including phenoxy) is 3. The second kappa shape index (κ2) is 7.85. The fourth-order valence-corrected chi connectivity index (χ4v) is 3.76. The molecular weight excluding hydrogens is 364 g/mol. The summed E-state index contributed by atoms with van der Waals surface area (Å²) in [4.78, 5) is 19.8. The number of fused-ring (bicyclic) bond motifs is 1. The van der Waals surface area contributed by atoms with Crippen molar-refractivity contribution in [2.45, 2.75) is 0 Å². The number of hydrogen-bond acceptors (Lipinski definition) is 6. The highest BCUT2D eigenvalue weighted by Crippen LogP contribution is 2.37. The van der Waals surface area contributed by atoms with E-state index in [1.807, 2.05) is 54.6 Å². The minimum Gasteiger partial charge on any atom is -0.454 e. The molecule has 0 N–H and O–H groups in total. The third kappa shape index (κ3) is 3.84. The number of rotatable bonds is 5. The van der Waals surface area contributed by atoms with Crippen molar-refractivity contribution in [3.05, 3.63) is 59.0 Å². The van der Waals surface area contributed by atoms with Gasteiger partial charge in [-0.1, -0.05) is 24.3 Å². The first kappa shape index (κ1) is 17.6. The summed E-state index contributed by atoms with van der Waals surface area (Å²) in [6.45, 7) is 1.12. The third-order valence-corrected chi connectivity index (χ3v) is 5.09. The molecule has 2 heterocycles. The number of amidine groups is 1. The molecule has 27 heavy (non-hydrogen) atoms. The largest absolute Gasteiger partial charge is 0.454 e. The van der Waals surface area contributed by atoms with E-state index in [4.69, 9.17) is 14.2 Å². The summed E-state index contributed by atoms with van der Waals surface area (Å²) in [5, 5.41) is 0.648. The standard InChI is InChI=1S/C20H18N2O4S/c1-24-10-9-22-19(23)18(27-20(22)21-15-5-3-2-4-6-15)12-14-7-8-16-17(11-14)26-13-25-16/h2-8,11-12H,9-10,13H2,1H3/b18-12+,21-20?. The van der Waals surface area contributed by atoms with Crippen molar-refractivity contribution in [3.8, 4) is 11.5 Å². The van der Waals surface area contributed by atoms with Gasteiger partial charge in [0.25, 0.3) is 5.91 Å². The first-order valence-corrected chi connectivity index (χ1v) is 9.30. The molecule has 1 saturated heterocycles. The van der Waals surface area contributed by atoms with Crippen LogP contribution in [0.5, 0.6) is 11.5 Å². The van der Waals surface area contributed by atoms with Crippen LogP contribution in [0.1, 0.15) is 5.56 Å². The molecule has 1 fully saturated rings. The van der Waals surface area contributed by atoms with E-state index >= 15 is 0 Å². The van der Waals surface area contributed by atoms with Gasteiger partial charge in [-0.3, -0.25) is 9.69 Å². The summed E-state index contributed by atoms with van der Waals surface area (Å²) < 4.78 is 15.9. The van der Waals surface area contributed by atoms with Gasteiger partial charge in [-0.25, -0.2) is 4.99 Å². The molecule has 4 rings (SSSR count). The van der Waals surface area contributed by atoms with Crippen LogP contribution in [0.4, 0.5) is 5.69 Å². The molecule has 6 nitrogen and oxygen atoms in total. The van der Waals surface area contributed by atoms with Gasteiger partial charge in [-0.05, 0) is 47.7 Å². The number of carbonyl (C=O) groups excluding carboxylic acids is 1. The van der Waals surface area contributed by atoms with E-state index < -0.39 is 0 Å². The summed E-state index contributed by atoms with van der Waals surface area (Å²) in [6, 6.07) is 15.2. The van der Waals surface area contributed by atoms with Gasteiger partial charge in [0.05, 0.1) is 23.7 Å². The van der Waals surface area contributed by atoms with Gasteiger partial charge in [0.15, 0.2) is 16.7 Å². The quantitative estimate of drug-likeness (QED) is 0.739. The Morgan fingerprint density at radius 3 is 2.81 bits per heavy atom. The molecule has 138 valence electrons. The fraction of sp³-hybridized carbons (Fsp3) is 0.200. The van der Waals surface area contributed by atoms with Crippen molar-refractivity contribution in [3.63, 3.8) is 0 Å². The van der Waals surface area contributed by atoms with E-state index in [1.165, 1.54) is 11.8 Å². The van der Waals surface area contributed by atoms with Crippen molar-refractivity contribution in [2.24, 2.45) is 4.99 Å². The molecule has 2 aromatic rings. The zero-order valence-electron chi connectivity index (χ0n) is 14.8. The Kier molecular flexibility index (Phi) is 5.13. The minimum atomic E-state index is -0.0793. The summed E-state index contributed by atoms with van der Waals surface area (Å²) in [5.74, 6) is 1.33. The maximum atomic E-state index is 12.9. The number of hydrogen-bond donors (Lipinski definition) is 0. The third-order valence-electron chi connectivity index (χ3n) is 4.08. The van der Waals surface area contributed by atoms with Crippen LogP contribution >= 0.6 is 11.8 Å². The lowest BCUT2D eigenvalue weighted by Gasteiger charge is -2.14. The summed E-state index contributed by atoms with van der Waals surface area (Å²) in [7, 11) is 1.62. The van der Waals surface area contributed by atoms with Crippen molar-refractivity contribution >= 4 is 34.6 Å². The van der Waals surface area contributed by atoms with Crippen LogP contribution in [-0.2, 0) is 9.53 Å². The number of thioether (sulfide) groups is 1. The molecule has 7 heteroatoms. The monoisotopic (exact) mass is 382 g/mol. The lowest BCUT2D eigenvalue weighted by atomic mass is 10.2.